The Morgan fingerprint density at radius 3 is 1.77 bits per heavy atom. The molecule has 0 fully saturated rings. The van der Waals surface area contributed by atoms with Gasteiger partial charge in [0, 0.05) is 40.1 Å². The summed E-state index contributed by atoms with van der Waals surface area (Å²) in [7, 11) is 0. The average molecular weight is 230 g/mol. The minimum absolute atomic E-state index is 3.77. The Balaban J connectivity index is 7.29. The number of hydrogen-bond donors (Lipinski definition) is 0. The minimum Gasteiger partial charge on any atom is -0.127 e. The van der Waals surface area contributed by atoms with Gasteiger partial charge in [-0.2, -0.15) is 0 Å². The third-order valence-electron chi connectivity index (χ3n) is 0.610. The van der Waals surface area contributed by atoms with Crippen LogP contribution >= 0.6 is 11.6 Å². The van der Waals surface area contributed by atoms with Gasteiger partial charge in [0.15, 0.2) is 0 Å². The molecule has 13 heavy (non-hydrogen) atoms. The summed E-state index contributed by atoms with van der Waals surface area (Å²) < 4.78 is 192. The van der Waals surface area contributed by atoms with E-state index in [-0.39, 0.29) is 0 Å². The van der Waals surface area contributed by atoms with E-state index >= 15 is 0 Å². The fourth-order valence-electron chi connectivity index (χ4n) is 0.274. The molecule has 0 aliphatic carbocycles. The molecule has 0 spiro atoms. The second-order valence-corrected chi connectivity index (χ2v) is 1.53. The van der Waals surface area contributed by atoms with Gasteiger partial charge in [-0.25, -0.2) is 0 Å². The predicted molar refractivity (Wildman–Crippen MR) is 62.6 cm³/mol. The van der Waals surface area contributed by atoms with Gasteiger partial charge < -0.3 is 0 Å². The summed E-state index contributed by atoms with van der Waals surface area (Å²) in [6, 6.07) is 0. The van der Waals surface area contributed by atoms with Crippen molar-refractivity contribution in [2.24, 2.45) is 0 Å². The third-order valence-corrected chi connectivity index (χ3v) is 0.704. The molecule has 0 aromatic carbocycles. The van der Waals surface area contributed by atoms with Crippen molar-refractivity contribution in [2.75, 3.05) is 5.83 Å². The van der Waals surface area contributed by atoms with E-state index in [2.05, 4.69) is 0 Å². The molecule has 0 rings (SSSR count). The smallest absolute Gasteiger partial charge is 0.0435 e. The highest BCUT2D eigenvalue weighted by Crippen LogP contribution is 2.10. The van der Waals surface area contributed by atoms with Gasteiger partial charge >= 0.3 is 0 Å². The molecule has 0 saturated heterocycles. The largest absolute Gasteiger partial charge is 0.127 e. The van der Waals surface area contributed by atoms with Crippen LogP contribution in [-0.4, -0.2) is 5.83 Å². The zero-order chi connectivity index (χ0) is 32.0. The molecule has 1 heteroatoms. The highest BCUT2D eigenvalue weighted by molar-refractivity contribution is 6.17. The van der Waals surface area contributed by atoms with E-state index in [4.69, 9.17) is 45.9 Å². The fraction of sp³-hybridized carbons (Fsp3) is 1.00. The van der Waals surface area contributed by atoms with Crippen LogP contribution < -0.4 is 0 Å². The molecule has 0 heterocycles. The standard InChI is InChI=1S/C12H25Cl/c1-2-3-4-5-6-7-8-9-10-11-12-13/h2-12H2,1H3/i1D3,2D2,3D2,4D2,5D2,6D2,7D2,8D2,9D2,10D2,11D2,12D2. The van der Waals surface area contributed by atoms with E-state index in [9.17, 15) is 0 Å². The molecule has 0 nitrogen and oxygen atoms in total. The van der Waals surface area contributed by atoms with Crippen LogP contribution in [0, 0.1) is 0 Å². The molecular formula is C12H25Cl. The summed E-state index contributed by atoms with van der Waals surface area (Å²) in [6.45, 7) is -3.99. The topological polar surface area (TPSA) is 0 Å². The van der Waals surface area contributed by atoms with E-state index in [1.165, 1.54) is 0 Å². The summed E-state index contributed by atoms with van der Waals surface area (Å²) >= 11 is 5.16. The summed E-state index contributed by atoms with van der Waals surface area (Å²) in [5, 5.41) is 0. The van der Waals surface area contributed by atoms with Crippen molar-refractivity contribution in [1.29, 1.82) is 0 Å². The highest BCUT2D eigenvalue weighted by atomic mass is 35.5. The number of hydrogen-bond acceptors (Lipinski definition) is 0. The van der Waals surface area contributed by atoms with Gasteiger partial charge in [0.25, 0.3) is 0 Å². The summed E-state index contributed by atoms with van der Waals surface area (Å²) in [6.07, 6.45) is -45.7. The van der Waals surface area contributed by atoms with Crippen LogP contribution in [0.4, 0.5) is 0 Å². The van der Waals surface area contributed by atoms with E-state index < -0.39 is 76.4 Å². The summed E-state index contributed by atoms with van der Waals surface area (Å²) in [5.74, 6) is -3.77. The van der Waals surface area contributed by atoms with Gasteiger partial charge in [-0.05, 0) is 6.37 Å². The molecular weight excluding hydrogens is 180 g/mol. The lowest BCUT2D eigenvalue weighted by Crippen LogP contribution is -1.81. The first kappa shape index (κ1) is 1.44. The molecule has 0 N–H and O–H groups in total. The van der Waals surface area contributed by atoms with Gasteiger partial charge in [-0.15, -0.1) is 11.6 Å². The highest BCUT2D eigenvalue weighted by Gasteiger charge is 1.91. The van der Waals surface area contributed by atoms with Gasteiger partial charge in [0.05, 0.1) is 0 Å². The molecule has 0 bridgehead atoms. The van der Waals surface area contributed by atoms with E-state index in [0.29, 0.717) is 0 Å². The van der Waals surface area contributed by atoms with Crippen LogP contribution in [-0.2, 0) is 0 Å². The number of halogens is 1. The minimum atomic E-state index is -4.79. The Hall–Kier alpha value is 0.290. The van der Waals surface area contributed by atoms with Crippen LogP contribution in [0.25, 0.3) is 0 Å². The summed E-state index contributed by atoms with van der Waals surface area (Å²) in [4.78, 5) is 0. The lowest BCUT2D eigenvalue weighted by molar-refractivity contribution is 0.563. The molecule has 0 aromatic rings. The Bertz CT molecular complexity index is 798. The van der Waals surface area contributed by atoms with Crippen molar-refractivity contribution in [3.63, 3.8) is 0 Å². The second kappa shape index (κ2) is 12.3. The van der Waals surface area contributed by atoms with Crippen LogP contribution in [0.15, 0.2) is 0 Å². The van der Waals surface area contributed by atoms with Crippen molar-refractivity contribution in [3.05, 3.63) is 0 Å². The number of alkyl halides is 1. The predicted octanol–water partition coefficient (Wildman–Crippen LogP) is 5.15. The van der Waals surface area contributed by atoms with Gasteiger partial charge in [-0.3, -0.25) is 0 Å². The Kier molecular flexibility index (Phi) is 1.36. The maximum atomic E-state index is 7.97. The van der Waals surface area contributed by atoms with Crippen molar-refractivity contribution in [3.8, 4) is 0 Å². The van der Waals surface area contributed by atoms with Crippen molar-refractivity contribution < 1.29 is 34.3 Å². The normalized spacial score (nSPS) is 52.2. The Morgan fingerprint density at radius 2 is 1.31 bits per heavy atom. The molecule has 0 atom stereocenters. The Labute approximate surface area is 124 Å². The van der Waals surface area contributed by atoms with Crippen molar-refractivity contribution in [2.45, 2.75) is 70.6 Å². The molecule has 0 unspecified atom stereocenters. The molecule has 0 aliphatic heterocycles. The van der Waals surface area contributed by atoms with E-state index in [1.54, 1.807) is 0 Å². The SMILES string of the molecule is [2H]C([2H])([2H])C([2H])([2H])C([2H])([2H])C([2H])([2H])C([2H])([2H])C([2H])([2H])C([2H])([2H])C([2H])([2H])C([2H])([2H])C([2H])([2H])C([2H])([2H])C([2H])([2H])Cl. The van der Waals surface area contributed by atoms with Crippen LogP contribution in [0.5, 0.6) is 0 Å². The zero-order valence-corrected chi connectivity index (χ0v) is 7.13. The van der Waals surface area contributed by atoms with Crippen LogP contribution in [0.2, 0.25) is 0 Å². The van der Waals surface area contributed by atoms with Crippen LogP contribution in [0.3, 0.4) is 0 Å². The van der Waals surface area contributed by atoms with Gasteiger partial charge in [0.2, 0.25) is 0 Å². The summed E-state index contributed by atoms with van der Waals surface area (Å²) in [5.41, 5.74) is 0. The van der Waals surface area contributed by atoms with Gasteiger partial charge in [-0.1, -0.05) is 64.2 Å². The molecule has 0 aromatic heterocycles. The van der Waals surface area contributed by atoms with E-state index in [0.717, 1.165) is 0 Å². The Morgan fingerprint density at radius 1 is 0.846 bits per heavy atom. The quantitative estimate of drug-likeness (QED) is 0.455. The van der Waals surface area contributed by atoms with Gasteiger partial charge in [0.1, 0.15) is 0 Å². The maximum Gasteiger partial charge on any atom is 0.0435 e. The third kappa shape index (κ3) is 12.3. The van der Waals surface area contributed by atoms with Crippen molar-refractivity contribution >= 4 is 11.6 Å². The molecule has 0 radical (unpaired) electrons. The zero-order valence-electron chi connectivity index (χ0n) is 31.4. The van der Waals surface area contributed by atoms with Crippen molar-refractivity contribution in [1.82, 2.24) is 0 Å². The molecule has 0 amide bonds. The number of rotatable bonds is 10. The first-order valence-electron chi connectivity index (χ1n) is 15.4. The monoisotopic (exact) mass is 229 g/mol. The first-order chi connectivity index (χ1) is 15.8. The molecule has 0 saturated carbocycles. The van der Waals surface area contributed by atoms with E-state index in [1.807, 2.05) is 0 Å². The van der Waals surface area contributed by atoms with Crippen LogP contribution in [0.1, 0.15) is 105 Å². The lowest BCUT2D eigenvalue weighted by atomic mass is 10.1. The maximum absolute atomic E-state index is 7.97. The molecule has 0 aliphatic rings. The average Bonchev–Trinajstić information content (AvgIpc) is 2.64. The lowest BCUT2D eigenvalue weighted by Gasteiger charge is -2.00. The molecule has 80 valence electrons. The second-order valence-electron chi connectivity index (χ2n) is 1.34. The fourth-order valence-corrected chi connectivity index (χ4v) is 0.321. The first-order valence-corrected chi connectivity index (χ1v) is 3.32.